The standard InChI is InChI=1S/C37H65N5O6/c1-23(2)21-28(39-34(44)30(38)25-15-9-6-10-16-25)33(43)40-31(26-17-11-7-12-18-26)35(45)41-32(27-19-13-8-14-20-27)36(46)42(5)29(37(47)48)22-24(3)4/h23-32H,6-22,38H2,1-5H3,(H,39,44)(H,40,43)(H,41,45)(H,47,48)/t28-,29-,30-,31-,32-/m1/s1. The molecule has 0 aromatic carbocycles. The lowest BCUT2D eigenvalue weighted by Gasteiger charge is -2.37. The van der Waals surface area contributed by atoms with Gasteiger partial charge in [-0.05, 0) is 81.0 Å². The van der Waals surface area contributed by atoms with E-state index in [1.807, 2.05) is 27.7 Å². The van der Waals surface area contributed by atoms with Crippen LogP contribution < -0.4 is 21.7 Å². The number of nitrogens with one attached hydrogen (secondary N) is 3. The average Bonchev–Trinajstić information content (AvgIpc) is 3.07. The summed E-state index contributed by atoms with van der Waals surface area (Å²) in [6.07, 6.45) is 14.7. The topological polar surface area (TPSA) is 171 Å². The van der Waals surface area contributed by atoms with Gasteiger partial charge in [0.05, 0.1) is 6.04 Å². The van der Waals surface area contributed by atoms with Gasteiger partial charge in [0.25, 0.3) is 0 Å². The molecule has 274 valence electrons. The van der Waals surface area contributed by atoms with Crippen LogP contribution in [0.5, 0.6) is 0 Å². The van der Waals surface area contributed by atoms with Crippen LogP contribution in [0.3, 0.4) is 0 Å². The quantitative estimate of drug-likeness (QED) is 0.160. The van der Waals surface area contributed by atoms with E-state index in [1.54, 1.807) is 0 Å². The van der Waals surface area contributed by atoms with Gasteiger partial charge in [0.2, 0.25) is 23.6 Å². The molecule has 0 aliphatic heterocycles. The van der Waals surface area contributed by atoms with Gasteiger partial charge in [-0.15, -0.1) is 0 Å². The van der Waals surface area contributed by atoms with Gasteiger partial charge in [0.15, 0.2) is 0 Å². The first-order valence-electron chi connectivity index (χ1n) is 19.0. The number of likely N-dealkylation sites (N-methyl/N-ethyl adjacent to an activating group) is 1. The Hall–Kier alpha value is -2.69. The first-order valence-corrected chi connectivity index (χ1v) is 19.0. The summed E-state index contributed by atoms with van der Waals surface area (Å²) in [5.41, 5.74) is 6.40. The zero-order valence-electron chi connectivity index (χ0n) is 30.3. The minimum absolute atomic E-state index is 0.0615. The van der Waals surface area contributed by atoms with Crippen LogP contribution in [-0.4, -0.2) is 76.9 Å². The first-order chi connectivity index (χ1) is 22.8. The maximum Gasteiger partial charge on any atom is 0.326 e. The van der Waals surface area contributed by atoms with Gasteiger partial charge in [-0.1, -0.05) is 85.5 Å². The molecule has 4 amide bonds. The van der Waals surface area contributed by atoms with Crippen molar-refractivity contribution in [1.82, 2.24) is 20.9 Å². The molecular formula is C37H65N5O6. The van der Waals surface area contributed by atoms with Gasteiger partial charge in [-0.25, -0.2) is 4.79 Å². The van der Waals surface area contributed by atoms with Gasteiger partial charge in [0, 0.05) is 7.05 Å². The van der Waals surface area contributed by atoms with Crippen LogP contribution in [0.1, 0.15) is 137 Å². The van der Waals surface area contributed by atoms with E-state index in [2.05, 4.69) is 16.0 Å². The van der Waals surface area contributed by atoms with Crippen molar-refractivity contribution >= 4 is 29.6 Å². The number of nitrogens with zero attached hydrogens (tertiary/aromatic N) is 1. The van der Waals surface area contributed by atoms with Crippen molar-refractivity contribution in [1.29, 1.82) is 0 Å². The molecule has 0 aromatic rings. The number of hydrogen-bond acceptors (Lipinski definition) is 6. The Morgan fingerprint density at radius 2 is 1.06 bits per heavy atom. The van der Waals surface area contributed by atoms with Crippen molar-refractivity contribution in [2.75, 3.05) is 7.05 Å². The number of hydrogen-bond donors (Lipinski definition) is 5. The summed E-state index contributed by atoms with van der Waals surface area (Å²) < 4.78 is 0. The van der Waals surface area contributed by atoms with Crippen molar-refractivity contribution in [2.24, 2.45) is 35.3 Å². The highest BCUT2D eigenvalue weighted by Gasteiger charge is 2.41. The van der Waals surface area contributed by atoms with E-state index in [-0.39, 0.29) is 35.5 Å². The fourth-order valence-corrected chi connectivity index (χ4v) is 8.13. The predicted octanol–water partition coefficient (Wildman–Crippen LogP) is 4.51. The van der Waals surface area contributed by atoms with E-state index in [1.165, 1.54) is 11.9 Å². The van der Waals surface area contributed by atoms with Gasteiger partial charge in [-0.3, -0.25) is 19.2 Å². The van der Waals surface area contributed by atoms with Crippen molar-refractivity contribution in [3.05, 3.63) is 0 Å². The summed E-state index contributed by atoms with van der Waals surface area (Å²) in [4.78, 5) is 69.2. The lowest BCUT2D eigenvalue weighted by molar-refractivity contribution is -0.152. The summed E-state index contributed by atoms with van der Waals surface area (Å²) in [7, 11) is 1.52. The molecule has 0 saturated heterocycles. The number of aliphatic carboxylic acids is 1. The summed E-state index contributed by atoms with van der Waals surface area (Å²) >= 11 is 0. The molecule has 48 heavy (non-hydrogen) atoms. The van der Waals surface area contributed by atoms with Crippen molar-refractivity contribution < 1.29 is 29.1 Å². The van der Waals surface area contributed by atoms with Crippen LogP contribution in [0, 0.1) is 29.6 Å². The smallest absolute Gasteiger partial charge is 0.326 e. The summed E-state index contributed by atoms with van der Waals surface area (Å²) in [6.45, 7) is 7.81. The van der Waals surface area contributed by atoms with Gasteiger partial charge < -0.3 is 31.7 Å². The van der Waals surface area contributed by atoms with E-state index >= 15 is 0 Å². The highest BCUT2D eigenvalue weighted by atomic mass is 16.4. The lowest BCUT2D eigenvalue weighted by atomic mass is 9.81. The zero-order chi connectivity index (χ0) is 35.4. The molecule has 3 aliphatic carbocycles. The second kappa shape index (κ2) is 19.5. The highest BCUT2D eigenvalue weighted by molar-refractivity contribution is 5.95. The van der Waals surface area contributed by atoms with Crippen LogP contribution in [0.25, 0.3) is 0 Å². The SMILES string of the molecule is CC(C)C[C@H](C(=O)O)N(C)C(=O)[C@H](NC(=O)[C@H](NC(=O)[C@@H](CC(C)C)NC(=O)[C@H](N)C1CCCCC1)C1CCCCC1)C1CCCCC1. The molecule has 3 fully saturated rings. The number of carbonyl (C=O) groups is 5. The molecular weight excluding hydrogens is 610 g/mol. The Morgan fingerprint density at radius 3 is 1.52 bits per heavy atom. The monoisotopic (exact) mass is 675 g/mol. The van der Waals surface area contributed by atoms with E-state index in [9.17, 15) is 29.1 Å². The van der Waals surface area contributed by atoms with E-state index in [4.69, 9.17) is 5.73 Å². The molecule has 5 atom stereocenters. The minimum atomic E-state index is -1.07. The summed E-state index contributed by atoms with van der Waals surface area (Å²) in [5, 5.41) is 19.0. The summed E-state index contributed by atoms with van der Waals surface area (Å²) in [5.74, 6) is -2.62. The normalized spacial score (nSPS) is 21.5. The average molecular weight is 676 g/mol. The Labute approximate surface area is 288 Å². The molecule has 0 aromatic heterocycles. The number of carbonyl (C=O) groups excluding carboxylic acids is 4. The Bertz CT molecular complexity index is 1060. The molecule has 0 radical (unpaired) electrons. The maximum atomic E-state index is 14.3. The second-order valence-electron chi connectivity index (χ2n) is 15.8. The largest absolute Gasteiger partial charge is 0.480 e. The first kappa shape index (κ1) is 39.7. The molecule has 3 rings (SSSR count). The molecule has 0 bridgehead atoms. The minimum Gasteiger partial charge on any atom is -0.480 e. The van der Waals surface area contributed by atoms with Crippen LogP contribution in [-0.2, 0) is 24.0 Å². The molecule has 6 N–H and O–H groups in total. The van der Waals surface area contributed by atoms with Crippen molar-refractivity contribution in [3.63, 3.8) is 0 Å². The Morgan fingerprint density at radius 1 is 0.625 bits per heavy atom. The fourth-order valence-electron chi connectivity index (χ4n) is 8.13. The Kier molecular flexibility index (Phi) is 16.1. The van der Waals surface area contributed by atoms with E-state index < -0.39 is 53.9 Å². The van der Waals surface area contributed by atoms with Gasteiger partial charge >= 0.3 is 5.97 Å². The van der Waals surface area contributed by atoms with Gasteiger partial charge in [0.1, 0.15) is 24.2 Å². The molecule has 3 saturated carbocycles. The predicted molar refractivity (Wildman–Crippen MR) is 187 cm³/mol. The summed E-state index contributed by atoms with van der Waals surface area (Å²) in [6, 6.07) is -4.31. The number of rotatable bonds is 16. The number of amides is 4. The van der Waals surface area contributed by atoms with Crippen LogP contribution >= 0.6 is 0 Å². The number of carboxylic acids is 1. The third kappa shape index (κ3) is 11.7. The second-order valence-corrected chi connectivity index (χ2v) is 15.8. The zero-order valence-corrected chi connectivity index (χ0v) is 30.3. The van der Waals surface area contributed by atoms with Crippen molar-refractivity contribution in [3.8, 4) is 0 Å². The van der Waals surface area contributed by atoms with E-state index in [0.717, 1.165) is 96.3 Å². The van der Waals surface area contributed by atoms with E-state index in [0.29, 0.717) is 12.8 Å². The van der Waals surface area contributed by atoms with Crippen LogP contribution in [0.2, 0.25) is 0 Å². The van der Waals surface area contributed by atoms with Crippen LogP contribution in [0.15, 0.2) is 0 Å². The lowest BCUT2D eigenvalue weighted by Crippen LogP contribution is -2.62. The maximum absolute atomic E-state index is 14.3. The van der Waals surface area contributed by atoms with Gasteiger partial charge in [-0.2, -0.15) is 0 Å². The molecule has 11 heteroatoms. The molecule has 0 heterocycles. The third-order valence-electron chi connectivity index (χ3n) is 11.0. The third-order valence-corrected chi connectivity index (χ3v) is 11.0. The van der Waals surface area contributed by atoms with Crippen LogP contribution in [0.4, 0.5) is 0 Å². The molecule has 11 nitrogen and oxygen atoms in total. The Balaban J connectivity index is 1.84. The molecule has 0 spiro atoms. The molecule has 0 unspecified atom stereocenters. The van der Waals surface area contributed by atoms with Crippen molar-refractivity contribution in [2.45, 2.75) is 167 Å². The molecule has 3 aliphatic rings. The number of nitrogens with two attached hydrogens (primary N) is 1. The fraction of sp³-hybridized carbons (Fsp3) is 0.865. The highest BCUT2D eigenvalue weighted by Crippen LogP contribution is 2.31. The number of carboxylic acid groups (broad SMARTS) is 1.